The molecule has 0 aromatic rings. The highest BCUT2D eigenvalue weighted by Crippen LogP contribution is 2.17. The molecule has 1 saturated heterocycles. The van der Waals surface area contributed by atoms with Gasteiger partial charge in [-0.3, -0.25) is 4.79 Å². The number of carboxylic acid groups (broad SMARTS) is 1. The Labute approximate surface area is 95.4 Å². The summed E-state index contributed by atoms with van der Waals surface area (Å²) in [5, 5.41) is 8.91. The van der Waals surface area contributed by atoms with E-state index in [0.29, 0.717) is 19.6 Å². The first kappa shape index (κ1) is 13.0. The van der Waals surface area contributed by atoms with Gasteiger partial charge < -0.3 is 14.7 Å². The Hall–Kier alpha value is -1.10. The average Bonchev–Trinajstić information content (AvgIpc) is 2.73. The molecule has 16 heavy (non-hydrogen) atoms. The lowest BCUT2D eigenvalue weighted by molar-refractivity contribution is -0.150. The van der Waals surface area contributed by atoms with E-state index in [-0.39, 0.29) is 12.5 Å². The van der Waals surface area contributed by atoms with Gasteiger partial charge in [0.1, 0.15) is 12.6 Å². The van der Waals surface area contributed by atoms with Crippen molar-refractivity contribution in [3.8, 4) is 0 Å². The second-order valence-electron chi connectivity index (χ2n) is 3.99. The topological polar surface area (TPSA) is 66.8 Å². The van der Waals surface area contributed by atoms with Crippen LogP contribution >= 0.6 is 0 Å². The predicted molar refractivity (Wildman–Crippen MR) is 58.1 cm³/mol. The van der Waals surface area contributed by atoms with Crippen molar-refractivity contribution in [3.63, 3.8) is 0 Å². The maximum Gasteiger partial charge on any atom is 0.326 e. The third-order valence-electron chi connectivity index (χ3n) is 2.73. The van der Waals surface area contributed by atoms with Gasteiger partial charge in [0.15, 0.2) is 0 Å². The van der Waals surface area contributed by atoms with E-state index in [1.807, 2.05) is 6.92 Å². The number of carbonyl (C=O) groups is 2. The van der Waals surface area contributed by atoms with Crippen molar-refractivity contribution in [1.29, 1.82) is 0 Å². The van der Waals surface area contributed by atoms with Crippen molar-refractivity contribution in [3.05, 3.63) is 0 Å². The number of hydrogen-bond acceptors (Lipinski definition) is 3. The zero-order chi connectivity index (χ0) is 12.0. The molecular formula is C11H19NO4. The summed E-state index contributed by atoms with van der Waals surface area (Å²) in [7, 11) is 0. The number of carbonyl (C=O) groups excluding carboxylic acids is 1. The van der Waals surface area contributed by atoms with E-state index in [1.54, 1.807) is 0 Å². The van der Waals surface area contributed by atoms with E-state index in [2.05, 4.69) is 0 Å². The summed E-state index contributed by atoms with van der Waals surface area (Å²) in [5.41, 5.74) is 0. The van der Waals surface area contributed by atoms with Gasteiger partial charge in [-0.15, -0.1) is 0 Å². The molecule has 1 amide bonds. The van der Waals surface area contributed by atoms with E-state index in [0.717, 1.165) is 19.3 Å². The minimum absolute atomic E-state index is 0.00375. The van der Waals surface area contributed by atoms with Crippen molar-refractivity contribution in [1.82, 2.24) is 4.90 Å². The largest absolute Gasteiger partial charge is 0.480 e. The SMILES string of the molecule is CCCCOCC(=O)N1CCCC1C(=O)O. The summed E-state index contributed by atoms with van der Waals surface area (Å²) in [5.74, 6) is -1.12. The molecule has 1 rings (SSSR count). The third kappa shape index (κ3) is 3.48. The van der Waals surface area contributed by atoms with E-state index < -0.39 is 12.0 Å². The van der Waals surface area contributed by atoms with Crippen LogP contribution in [-0.4, -0.2) is 47.7 Å². The molecule has 92 valence electrons. The van der Waals surface area contributed by atoms with Gasteiger partial charge in [0.2, 0.25) is 5.91 Å². The Balaban J connectivity index is 2.32. The number of hydrogen-bond donors (Lipinski definition) is 1. The second kappa shape index (κ2) is 6.48. The molecule has 1 fully saturated rings. The molecule has 1 aliphatic heterocycles. The number of carboxylic acids is 1. The van der Waals surface area contributed by atoms with Crippen molar-refractivity contribution in [2.24, 2.45) is 0 Å². The lowest BCUT2D eigenvalue weighted by Crippen LogP contribution is -2.42. The van der Waals surface area contributed by atoms with Crippen LogP contribution in [0.25, 0.3) is 0 Å². The maximum atomic E-state index is 11.7. The van der Waals surface area contributed by atoms with Gasteiger partial charge in [0.05, 0.1) is 0 Å². The van der Waals surface area contributed by atoms with Crippen LogP contribution in [0.5, 0.6) is 0 Å². The molecule has 1 heterocycles. The third-order valence-corrected chi connectivity index (χ3v) is 2.73. The number of unbranched alkanes of at least 4 members (excludes halogenated alkanes) is 1. The Kier molecular flexibility index (Phi) is 5.25. The van der Waals surface area contributed by atoms with Gasteiger partial charge in [-0.1, -0.05) is 13.3 Å². The van der Waals surface area contributed by atoms with Crippen LogP contribution in [0.1, 0.15) is 32.6 Å². The van der Waals surface area contributed by atoms with E-state index in [9.17, 15) is 9.59 Å². The molecule has 5 nitrogen and oxygen atoms in total. The quantitative estimate of drug-likeness (QED) is 0.686. The van der Waals surface area contributed by atoms with Crippen LogP contribution in [0, 0.1) is 0 Å². The smallest absolute Gasteiger partial charge is 0.326 e. The first-order valence-electron chi connectivity index (χ1n) is 5.76. The Morgan fingerprint density at radius 1 is 1.50 bits per heavy atom. The monoisotopic (exact) mass is 229 g/mol. The molecule has 0 spiro atoms. The number of likely N-dealkylation sites (tertiary alicyclic amines) is 1. The van der Waals surface area contributed by atoms with E-state index in [4.69, 9.17) is 9.84 Å². The lowest BCUT2D eigenvalue weighted by atomic mass is 10.2. The van der Waals surface area contributed by atoms with Crippen LogP contribution in [0.2, 0.25) is 0 Å². The number of amides is 1. The van der Waals surface area contributed by atoms with Crippen LogP contribution in [-0.2, 0) is 14.3 Å². The number of rotatable bonds is 6. The van der Waals surface area contributed by atoms with Crippen molar-refractivity contribution >= 4 is 11.9 Å². The van der Waals surface area contributed by atoms with Crippen LogP contribution in [0.3, 0.4) is 0 Å². The first-order valence-corrected chi connectivity index (χ1v) is 5.76. The molecule has 0 radical (unpaired) electrons. The molecule has 5 heteroatoms. The van der Waals surface area contributed by atoms with Gasteiger partial charge in [-0.2, -0.15) is 0 Å². The minimum atomic E-state index is -0.917. The molecule has 0 aromatic heterocycles. The minimum Gasteiger partial charge on any atom is -0.480 e. The summed E-state index contributed by atoms with van der Waals surface area (Å²) in [4.78, 5) is 23.9. The van der Waals surface area contributed by atoms with Crippen molar-refractivity contribution < 1.29 is 19.4 Å². The van der Waals surface area contributed by atoms with Gasteiger partial charge in [0, 0.05) is 13.2 Å². The van der Waals surface area contributed by atoms with Gasteiger partial charge in [0.25, 0.3) is 0 Å². The van der Waals surface area contributed by atoms with Crippen LogP contribution < -0.4 is 0 Å². The van der Waals surface area contributed by atoms with Gasteiger partial charge in [-0.05, 0) is 19.3 Å². The maximum absolute atomic E-state index is 11.7. The second-order valence-corrected chi connectivity index (χ2v) is 3.99. The summed E-state index contributed by atoms with van der Waals surface area (Å²) >= 11 is 0. The highest BCUT2D eigenvalue weighted by molar-refractivity contribution is 5.84. The fourth-order valence-electron chi connectivity index (χ4n) is 1.81. The Morgan fingerprint density at radius 2 is 2.25 bits per heavy atom. The predicted octanol–water partition coefficient (Wildman–Crippen LogP) is 0.879. The number of nitrogens with zero attached hydrogens (tertiary/aromatic N) is 1. The summed E-state index contributed by atoms with van der Waals surface area (Å²) in [6.45, 7) is 3.15. The molecular weight excluding hydrogens is 210 g/mol. The fourth-order valence-corrected chi connectivity index (χ4v) is 1.81. The average molecular weight is 229 g/mol. The van der Waals surface area contributed by atoms with Gasteiger partial charge in [-0.25, -0.2) is 4.79 Å². The number of aliphatic carboxylic acids is 1. The van der Waals surface area contributed by atoms with E-state index >= 15 is 0 Å². The van der Waals surface area contributed by atoms with Crippen LogP contribution in [0.4, 0.5) is 0 Å². The highest BCUT2D eigenvalue weighted by Gasteiger charge is 2.33. The standard InChI is InChI=1S/C11H19NO4/c1-2-3-7-16-8-10(13)12-6-4-5-9(12)11(14)15/h9H,2-8H2,1H3,(H,14,15). The molecule has 1 N–H and O–H groups in total. The first-order chi connectivity index (χ1) is 7.66. The lowest BCUT2D eigenvalue weighted by Gasteiger charge is -2.21. The molecule has 1 unspecified atom stereocenters. The molecule has 1 atom stereocenters. The summed E-state index contributed by atoms with van der Waals surface area (Å²) < 4.78 is 5.19. The normalized spacial score (nSPS) is 20.1. The zero-order valence-corrected chi connectivity index (χ0v) is 9.65. The summed E-state index contributed by atoms with van der Waals surface area (Å²) in [6, 6.07) is -0.651. The van der Waals surface area contributed by atoms with Crippen molar-refractivity contribution in [2.45, 2.75) is 38.6 Å². The molecule has 0 aliphatic carbocycles. The molecule has 0 saturated carbocycles. The Morgan fingerprint density at radius 3 is 2.88 bits per heavy atom. The highest BCUT2D eigenvalue weighted by atomic mass is 16.5. The fraction of sp³-hybridized carbons (Fsp3) is 0.818. The summed E-state index contributed by atoms with van der Waals surface area (Å²) in [6.07, 6.45) is 3.26. The van der Waals surface area contributed by atoms with Crippen molar-refractivity contribution in [2.75, 3.05) is 19.8 Å². The van der Waals surface area contributed by atoms with E-state index in [1.165, 1.54) is 4.90 Å². The zero-order valence-electron chi connectivity index (χ0n) is 9.65. The van der Waals surface area contributed by atoms with Crippen LogP contribution in [0.15, 0.2) is 0 Å². The Bertz CT molecular complexity index is 254. The van der Waals surface area contributed by atoms with Gasteiger partial charge >= 0.3 is 5.97 Å². The number of ether oxygens (including phenoxy) is 1. The molecule has 0 aromatic carbocycles. The molecule has 1 aliphatic rings. The molecule has 0 bridgehead atoms.